The maximum absolute atomic E-state index is 12.7. The van der Waals surface area contributed by atoms with Crippen molar-refractivity contribution in [2.75, 3.05) is 33.0 Å². The van der Waals surface area contributed by atoms with Gasteiger partial charge in [0.25, 0.3) is 5.91 Å². The number of para-hydroxylation sites is 1. The number of fused-ring (bicyclic) bond motifs is 1. The number of benzene rings is 1. The van der Waals surface area contributed by atoms with Crippen molar-refractivity contribution in [2.24, 2.45) is 0 Å². The lowest BCUT2D eigenvalue weighted by Crippen LogP contribution is -2.52. The standard InChI is InChI=1S/C14H15NO6/c16-13(15-4-5-19-8-10(15)14(17)18)9-2-1-3-11-12(9)21-7-6-20-11/h1-3,10H,4-8H2,(H,17,18). The predicted molar refractivity (Wildman–Crippen MR) is 70.7 cm³/mol. The van der Waals surface area contributed by atoms with Crippen LogP contribution in [0.1, 0.15) is 10.4 Å². The molecule has 0 radical (unpaired) electrons. The van der Waals surface area contributed by atoms with Crippen molar-refractivity contribution in [3.05, 3.63) is 23.8 Å². The van der Waals surface area contributed by atoms with Gasteiger partial charge in [-0.05, 0) is 12.1 Å². The summed E-state index contributed by atoms with van der Waals surface area (Å²) >= 11 is 0. The van der Waals surface area contributed by atoms with E-state index < -0.39 is 12.0 Å². The van der Waals surface area contributed by atoms with E-state index in [9.17, 15) is 14.7 Å². The summed E-state index contributed by atoms with van der Waals surface area (Å²) in [6.07, 6.45) is 0. The van der Waals surface area contributed by atoms with E-state index in [2.05, 4.69) is 0 Å². The topological polar surface area (TPSA) is 85.3 Å². The molecule has 3 rings (SSSR count). The minimum atomic E-state index is -1.08. The van der Waals surface area contributed by atoms with Crippen LogP contribution in [0.15, 0.2) is 18.2 Å². The van der Waals surface area contributed by atoms with Crippen molar-refractivity contribution >= 4 is 11.9 Å². The van der Waals surface area contributed by atoms with Crippen molar-refractivity contribution in [3.8, 4) is 11.5 Å². The molecule has 0 saturated carbocycles. The molecule has 1 fully saturated rings. The van der Waals surface area contributed by atoms with E-state index in [0.29, 0.717) is 36.9 Å². The summed E-state index contributed by atoms with van der Waals surface area (Å²) in [6, 6.07) is 4.05. The number of carboxylic acids is 1. The highest BCUT2D eigenvalue weighted by Gasteiger charge is 2.35. The largest absolute Gasteiger partial charge is 0.486 e. The SMILES string of the molecule is O=C(O)C1COCCN1C(=O)c1cccc2c1OCCO2. The summed E-state index contributed by atoms with van der Waals surface area (Å²) in [6.45, 7) is 1.35. The molecule has 2 aliphatic rings. The lowest BCUT2D eigenvalue weighted by molar-refractivity contribution is -0.147. The maximum atomic E-state index is 12.7. The van der Waals surface area contributed by atoms with Crippen LogP contribution in [0.2, 0.25) is 0 Å². The van der Waals surface area contributed by atoms with E-state index in [1.807, 2.05) is 0 Å². The summed E-state index contributed by atoms with van der Waals surface area (Å²) in [7, 11) is 0. The Kier molecular flexibility index (Phi) is 3.66. The zero-order valence-corrected chi connectivity index (χ0v) is 11.3. The average molecular weight is 293 g/mol. The number of hydrogen-bond donors (Lipinski definition) is 1. The predicted octanol–water partition coefficient (Wildman–Crippen LogP) is 0.383. The molecular weight excluding hydrogens is 278 g/mol. The van der Waals surface area contributed by atoms with Crippen LogP contribution < -0.4 is 9.47 Å². The molecule has 0 aliphatic carbocycles. The second-order valence-corrected chi connectivity index (χ2v) is 4.76. The Morgan fingerprint density at radius 2 is 2.00 bits per heavy atom. The first-order valence-corrected chi connectivity index (χ1v) is 6.68. The fraction of sp³-hybridized carbons (Fsp3) is 0.429. The Labute approximate surface area is 121 Å². The van der Waals surface area contributed by atoms with Crippen molar-refractivity contribution < 1.29 is 28.9 Å². The van der Waals surface area contributed by atoms with Crippen LogP contribution in [0.3, 0.4) is 0 Å². The Hall–Kier alpha value is -2.28. The second kappa shape index (κ2) is 5.61. The van der Waals surface area contributed by atoms with Gasteiger partial charge < -0.3 is 24.2 Å². The first kappa shape index (κ1) is 13.7. The van der Waals surface area contributed by atoms with E-state index >= 15 is 0 Å². The van der Waals surface area contributed by atoms with Gasteiger partial charge in [0, 0.05) is 6.54 Å². The number of ether oxygens (including phenoxy) is 3. The van der Waals surface area contributed by atoms with E-state index in [1.54, 1.807) is 18.2 Å². The number of amides is 1. The van der Waals surface area contributed by atoms with Crippen molar-refractivity contribution in [3.63, 3.8) is 0 Å². The molecule has 1 N–H and O–H groups in total. The minimum Gasteiger partial charge on any atom is -0.486 e. The molecule has 1 amide bonds. The maximum Gasteiger partial charge on any atom is 0.328 e. The number of aliphatic carboxylic acids is 1. The van der Waals surface area contributed by atoms with Crippen LogP contribution >= 0.6 is 0 Å². The lowest BCUT2D eigenvalue weighted by atomic mass is 10.1. The van der Waals surface area contributed by atoms with E-state index in [1.165, 1.54) is 4.90 Å². The molecule has 2 aliphatic heterocycles. The monoisotopic (exact) mass is 293 g/mol. The van der Waals surface area contributed by atoms with E-state index in [-0.39, 0.29) is 19.1 Å². The molecular formula is C14H15NO6. The van der Waals surface area contributed by atoms with Gasteiger partial charge in [0.15, 0.2) is 17.5 Å². The van der Waals surface area contributed by atoms with Gasteiger partial charge in [-0.25, -0.2) is 4.79 Å². The van der Waals surface area contributed by atoms with Crippen LogP contribution in [-0.4, -0.2) is 60.9 Å². The van der Waals surface area contributed by atoms with Crippen LogP contribution in [0.25, 0.3) is 0 Å². The molecule has 1 unspecified atom stereocenters. The molecule has 1 aromatic carbocycles. The summed E-state index contributed by atoms with van der Waals surface area (Å²) in [5.41, 5.74) is 0.320. The normalized spacial score (nSPS) is 21.0. The number of carbonyl (C=O) groups excluding carboxylic acids is 1. The van der Waals surface area contributed by atoms with Gasteiger partial charge in [-0.2, -0.15) is 0 Å². The number of carboxylic acid groups (broad SMARTS) is 1. The molecule has 1 atom stereocenters. The number of hydrogen-bond acceptors (Lipinski definition) is 5. The highest BCUT2D eigenvalue weighted by atomic mass is 16.6. The Bertz CT molecular complexity index is 573. The van der Waals surface area contributed by atoms with Gasteiger partial charge in [0.05, 0.1) is 18.8 Å². The van der Waals surface area contributed by atoms with Gasteiger partial charge in [0.1, 0.15) is 13.2 Å². The Morgan fingerprint density at radius 3 is 2.81 bits per heavy atom. The molecule has 112 valence electrons. The fourth-order valence-electron chi connectivity index (χ4n) is 2.45. The fourth-order valence-corrected chi connectivity index (χ4v) is 2.45. The minimum absolute atomic E-state index is 0.00649. The highest BCUT2D eigenvalue weighted by molar-refractivity contribution is 5.99. The van der Waals surface area contributed by atoms with Gasteiger partial charge in [-0.15, -0.1) is 0 Å². The molecule has 7 nitrogen and oxygen atoms in total. The number of rotatable bonds is 2. The molecule has 0 aromatic heterocycles. The first-order valence-electron chi connectivity index (χ1n) is 6.68. The molecule has 1 saturated heterocycles. The second-order valence-electron chi connectivity index (χ2n) is 4.76. The lowest BCUT2D eigenvalue weighted by Gasteiger charge is -2.33. The third-order valence-corrected chi connectivity index (χ3v) is 3.47. The van der Waals surface area contributed by atoms with Crippen LogP contribution in [0, 0.1) is 0 Å². The van der Waals surface area contributed by atoms with Crippen LogP contribution in [0.4, 0.5) is 0 Å². The molecule has 2 heterocycles. The molecule has 0 bridgehead atoms. The number of morpholine rings is 1. The van der Waals surface area contributed by atoms with Gasteiger partial charge >= 0.3 is 5.97 Å². The Balaban J connectivity index is 1.92. The van der Waals surface area contributed by atoms with Crippen molar-refractivity contribution in [1.82, 2.24) is 4.90 Å². The molecule has 0 spiro atoms. The third-order valence-electron chi connectivity index (χ3n) is 3.47. The zero-order valence-electron chi connectivity index (χ0n) is 11.3. The summed E-state index contributed by atoms with van der Waals surface area (Å²) in [5.74, 6) is -0.574. The van der Waals surface area contributed by atoms with Crippen LogP contribution in [0.5, 0.6) is 11.5 Å². The Morgan fingerprint density at radius 1 is 1.19 bits per heavy atom. The summed E-state index contributed by atoms with van der Waals surface area (Å²) < 4.78 is 16.1. The molecule has 7 heteroatoms. The summed E-state index contributed by atoms with van der Waals surface area (Å²) in [4.78, 5) is 25.2. The smallest absolute Gasteiger partial charge is 0.328 e. The van der Waals surface area contributed by atoms with E-state index in [4.69, 9.17) is 14.2 Å². The highest BCUT2D eigenvalue weighted by Crippen LogP contribution is 2.34. The van der Waals surface area contributed by atoms with Gasteiger partial charge in [0.2, 0.25) is 0 Å². The number of nitrogens with zero attached hydrogens (tertiary/aromatic N) is 1. The van der Waals surface area contributed by atoms with E-state index in [0.717, 1.165) is 0 Å². The van der Waals surface area contributed by atoms with Crippen LogP contribution in [-0.2, 0) is 9.53 Å². The van der Waals surface area contributed by atoms with Crippen molar-refractivity contribution in [2.45, 2.75) is 6.04 Å². The zero-order chi connectivity index (χ0) is 14.8. The number of carbonyl (C=O) groups is 2. The average Bonchev–Trinajstić information content (AvgIpc) is 2.53. The first-order chi connectivity index (χ1) is 10.2. The molecule has 21 heavy (non-hydrogen) atoms. The quantitative estimate of drug-likeness (QED) is 0.848. The third kappa shape index (κ3) is 2.52. The summed E-state index contributed by atoms with van der Waals surface area (Å²) in [5, 5.41) is 9.21. The van der Waals surface area contributed by atoms with Crippen molar-refractivity contribution in [1.29, 1.82) is 0 Å². The molecule has 1 aromatic rings. The van der Waals surface area contributed by atoms with Gasteiger partial charge in [-0.1, -0.05) is 6.07 Å². The van der Waals surface area contributed by atoms with Gasteiger partial charge in [-0.3, -0.25) is 4.79 Å².